The molecule has 0 spiro atoms. The number of β-amino-alcohol motifs (C(OH)–C–C–N with tert-alkyl or cyclic N) is 1. The maximum atomic E-state index is 9.57. The van der Waals surface area contributed by atoms with Gasteiger partial charge >= 0.3 is 0 Å². The Morgan fingerprint density at radius 2 is 2.53 bits per heavy atom. The molecule has 1 aliphatic heterocycles. The molecule has 4 nitrogen and oxygen atoms in total. The number of aliphatic hydroxyl groups excluding tert-OH is 1. The van der Waals surface area contributed by atoms with Crippen LogP contribution in [0.15, 0.2) is 5.38 Å². The zero-order valence-electron chi connectivity index (χ0n) is 8.86. The predicted octanol–water partition coefficient (Wildman–Crippen LogP) is 0.121. The normalized spacial score (nSPS) is 26.0. The molecule has 2 atom stereocenters. The second-order valence-corrected chi connectivity index (χ2v) is 4.94. The second-order valence-electron chi connectivity index (χ2n) is 4.00. The number of aliphatic hydroxyl groups is 1. The quantitative estimate of drug-likeness (QED) is 0.684. The number of thiazole rings is 1. The Morgan fingerprint density at radius 1 is 1.67 bits per heavy atom. The van der Waals surface area contributed by atoms with Gasteiger partial charge in [0.25, 0.3) is 0 Å². The van der Waals surface area contributed by atoms with Crippen molar-refractivity contribution in [1.29, 1.82) is 0 Å². The minimum absolute atomic E-state index is 0.199. The van der Waals surface area contributed by atoms with E-state index in [0.29, 0.717) is 5.92 Å². The molecule has 2 unspecified atom stereocenters. The number of hydrogen-bond acceptors (Lipinski definition) is 5. The van der Waals surface area contributed by atoms with Crippen LogP contribution in [0.3, 0.4) is 0 Å². The Morgan fingerprint density at radius 3 is 3.13 bits per heavy atom. The predicted molar refractivity (Wildman–Crippen MR) is 60.9 cm³/mol. The first-order valence-corrected chi connectivity index (χ1v) is 6.14. The van der Waals surface area contributed by atoms with Crippen molar-refractivity contribution in [3.05, 3.63) is 16.1 Å². The number of aromatic nitrogens is 1. The van der Waals surface area contributed by atoms with Gasteiger partial charge in [0.2, 0.25) is 0 Å². The van der Waals surface area contributed by atoms with Crippen molar-refractivity contribution in [3.63, 3.8) is 0 Å². The van der Waals surface area contributed by atoms with Crippen LogP contribution in [0.2, 0.25) is 0 Å². The maximum absolute atomic E-state index is 9.57. The van der Waals surface area contributed by atoms with Gasteiger partial charge in [0.05, 0.1) is 6.10 Å². The highest BCUT2D eigenvalue weighted by Gasteiger charge is 2.23. The van der Waals surface area contributed by atoms with E-state index in [0.717, 1.165) is 36.9 Å². The minimum Gasteiger partial charge on any atom is -0.391 e. The molecule has 1 aromatic heterocycles. The first-order valence-electron chi connectivity index (χ1n) is 5.26. The highest BCUT2D eigenvalue weighted by molar-refractivity contribution is 7.09. The summed E-state index contributed by atoms with van der Waals surface area (Å²) in [7, 11) is 0. The number of rotatable bonds is 4. The van der Waals surface area contributed by atoms with Crippen LogP contribution in [0.25, 0.3) is 0 Å². The van der Waals surface area contributed by atoms with Gasteiger partial charge < -0.3 is 15.7 Å². The summed E-state index contributed by atoms with van der Waals surface area (Å²) < 4.78 is 0. The average Bonchev–Trinajstić information content (AvgIpc) is 2.77. The maximum Gasteiger partial charge on any atom is 0.107 e. The van der Waals surface area contributed by atoms with Crippen molar-refractivity contribution >= 4 is 11.3 Å². The Labute approximate surface area is 93.7 Å². The van der Waals surface area contributed by atoms with E-state index in [2.05, 4.69) is 21.0 Å². The summed E-state index contributed by atoms with van der Waals surface area (Å²) in [5.74, 6) is 0.339. The van der Waals surface area contributed by atoms with Gasteiger partial charge in [-0.3, -0.25) is 0 Å². The number of hydrogen-bond donors (Lipinski definition) is 3. The highest BCUT2D eigenvalue weighted by atomic mass is 32.1. The van der Waals surface area contributed by atoms with Gasteiger partial charge in [-0.05, 0) is 6.92 Å². The Bertz CT molecular complexity index is 315. The summed E-state index contributed by atoms with van der Waals surface area (Å²) >= 11 is 1.68. The molecule has 15 heavy (non-hydrogen) atoms. The molecule has 0 aliphatic carbocycles. The first-order chi connectivity index (χ1) is 7.25. The van der Waals surface area contributed by atoms with Crippen LogP contribution in [0.4, 0.5) is 0 Å². The van der Waals surface area contributed by atoms with Crippen molar-refractivity contribution in [3.8, 4) is 0 Å². The molecule has 1 fully saturated rings. The van der Waals surface area contributed by atoms with Gasteiger partial charge in [0.1, 0.15) is 5.01 Å². The van der Waals surface area contributed by atoms with Crippen LogP contribution in [-0.2, 0) is 6.54 Å². The molecule has 1 aromatic rings. The molecule has 5 heteroatoms. The van der Waals surface area contributed by atoms with Crippen LogP contribution < -0.4 is 10.6 Å². The summed E-state index contributed by atoms with van der Waals surface area (Å²) in [6.07, 6.45) is -0.199. The zero-order valence-corrected chi connectivity index (χ0v) is 9.68. The zero-order chi connectivity index (χ0) is 10.7. The molecule has 84 valence electrons. The fourth-order valence-corrected chi connectivity index (χ4v) is 2.52. The fourth-order valence-electron chi connectivity index (χ4n) is 1.78. The second kappa shape index (κ2) is 5.03. The largest absolute Gasteiger partial charge is 0.391 e. The number of aryl methyl sites for hydroxylation is 1. The summed E-state index contributed by atoms with van der Waals surface area (Å²) in [6.45, 7) is 5.30. The van der Waals surface area contributed by atoms with Crippen LogP contribution in [0.1, 0.15) is 10.7 Å². The molecule has 0 bridgehead atoms. The lowest BCUT2D eigenvalue weighted by molar-refractivity contribution is 0.146. The summed E-state index contributed by atoms with van der Waals surface area (Å²) in [5.41, 5.74) is 1.08. The molecule has 0 aromatic carbocycles. The molecule has 3 N–H and O–H groups in total. The third-order valence-corrected chi connectivity index (χ3v) is 3.62. The molecule has 0 radical (unpaired) electrons. The molecule has 0 saturated carbocycles. The van der Waals surface area contributed by atoms with Crippen LogP contribution >= 0.6 is 11.3 Å². The van der Waals surface area contributed by atoms with Gasteiger partial charge in [0, 0.05) is 43.2 Å². The number of nitrogens with zero attached hydrogens (tertiary/aromatic N) is 1. The standard InChI is InChI=1S/C10H17N3OS/c1-7-6-15-10(13-7)5-12-3-8-2-11-4-9(8)14/h6,8-9,11-12,14H,2-5H2,1H3. The highest BCUT2D eigenvalue weighted by Crippen LogP contribution is 2.10. The van der Waals surface area contributed by atoms with Crippen molar-refractivity contribution < 1.29 is 5.11 Å². The summed E-state index contributed by atoms with van der Waals surface area (Å²) in [5, 5.41) is 19.3. The van der Waals surface area contributed by atoms with E-state index >= 15 is 0 Å². The molecule has 2 rings (SSSR count). The summed E-state index contributed by atoms with van der Waals surface area (Å²) in [6, 6.07) is 0. The Kier molecular flexibility index (Phi) is 3.69. The van der Waals surface area contributed by atoms with E-state index < -0.39 is 0 Å². The van der Waals surface area contributed by atoms with E-state index in [1.165, 1.54) is 0 Å². The lowest BCUT2D eigenvalue weighted by atomic mass is 10.1. The summed E-state index contributed by atoms with van der Waals surface area (Å²) in [4.78, 5) is 4.37. The van der Waals surface area contributed by atoms with E-state index in [4.69, 9.17) is 0 Å². The molecule has 1 aliphatic rings. The van der Waals surface area contributed by atoms with Gasteiger partial charge in [-0.25, -0.2) is 4.98 Å². The van der Waals surface area contributed by atoms with Crippen molar-refractivity contribution in [1.82, 2.24) is 15.6 Å². The van der Waals surface area contributed by atoms with Gasteiger partial charge in [-0.15, -0.1) is 11.3 Å². The average molecular weight is 227 g/mol. The lowest BCUT2D eigenvalue weighted by Gasteiger charge is -2.13. The van der Waals surface area contributed by atoms with Gasteiger partial charge in [0.15, 0.2) is 0 Å². The molecule has 1 saturated heterocycles. The van der Waals surface area contributed by atoms with Gasteiger partial charge in [-0.1, -0.05) is 0 Å². The third kappa shape index (κ3) is 2.98. The van der Waals surface area contributed by atoms with Crippen LogP contribution in [0.5, 0.6) is 0 Å². The monoisotopic (exact) mass is 227 g/mol. The number of nitrogens with one attached hydrogen (secondary N) is 2. The fraction of sp³-hybridized carbons (Fsp3) is 0.700. The molecular weight excluding hydrogens is 210 g/mol. The SMILES string of the molecule is Cc1csc(CNCC2CNCC2O)n1. The third-order valence-electron chi connectivity index (χ3n) is 2.65. The van der Waals surface area contributed by atoms with E-state index in [1.54, 1.807) is 11.3 Å². The van der Waals surface area contributed by atoms with Crippen molar-refractivity contribution in [2.24, 2.45) is 5.92 Å². The van der Waals surface area contributed by atoms with Crippen molar-refractivity contribution in [2.45, 2.75) is 19.6 Å². The van der Waals surface area contributed by atoms with E-state index in [1.807, 2.05) is 6.92 Å². The van der Waals surface area contributed by atoms with E-state index in [9.17, 15) is 5.11 Å². The Balaban J connectivity index is 1.70. The van der Waals surface area contributed by atoms with Crippen LogP contribution in [-0.4, -0.2) is 35.8 Å². The Hall–Kier alpha value is -0.490. The molecular formula is C10H17N3OS. The minimum atomic E-state index is -0.199. The lowest BCUT2D eigenvalue weighted by Crippen LogP contribution is -2.30. The van der Waals surface area contributed by atoms with E-state index in [-0.39, 0.29) is 6.10 Å². The van der Waals surface area contributed by atoms with Gasteiger partial charge in [-0.2, -0.15) is 0 Å². The smallest absolute Gasteiger partial charge is 0.107 e. The van der Waals surface area contributed by atoms with Crippen molar-refractivity contribution in [2.75, 3.05) is 19.6 Å². The van der Waals surface area contributed by atoms with Crippen LogP contribution in [0, 0.1) is 12.8 Å². The topological polar surface area (TPSA) is 57.2 Å². The first kappa shape index (κ1) is 11.0. The molecule has 0 amide bonds. The molecule has 2 heterocycles.